The fraction of sp³-hybridized carbons (Fsp3) is 0.200. The molecule has 0 spiro atoms. The number of hydrogen-bond acceptors (Lipinski definition) is 5. The number of aromatic nitrogens is 2. The van der Waals surface area contributed by atoms with E-state index in [4.69, 9.17) is 9.63 Å². The van der Waals surface area contributed by atoms with E-state index in [9.17, 15) is 14.4 Å². The molecule has 0 aliphatic heterocycles. The summed E-state index contributed by atoms with van der Waals surface area (Å²) in [7, 11) is 0. The fourth-order valence-corrected chi connectivity index (χ4v) is 3.66. The van der Waals surface area contributed by atoms with Gasteiger partial charge in [-0.25, -0.2) is 9.59 Å². The summed E-state index contributed by atoms with van der Waals surface area (Å²) < 4.78 is 6.40. The van der Waals surface area contributed by atoms with E-state index in [0.717, 1.165) is 17.3 Å². The van der Waals surface area contributed by atoms with Gasteiger partial charge in [0.05, 0.1) is 10.8 Å². The van der Waals surface area contributed by atoms with Gasteiger partial charge < -0.3 is 10.4 Å². The Morgan fingerprint density at radius 3 is 2.62 bits per heavy atom. The number of benzene rings is 2. The highest BCUT2D eigenvalue weighted by Crippen LogP contribution is 2.24. The van der Waals surface area contributed by atoms with Crippen LogP contribution >= 0.6 is 11.8 Å². The third-order valence-electron chi connectivity index (χ3n) is 4.28. The normalized spacial score (nSPS) is 11.8. The minimum atomic E-state index is -1.07. The number of para-hydroxylation sites is 1. The SMILES string of the molecule is CCC(Sc1c(=O)o[nH][n+]1-c1ccccc1)C(=O)Nc1cc(C(=O)O)ccc1C. The molecule has 1 aromatic heterocycles. The Bertz CT molecular complexity index is 1090. The summed E-state index contributed by atoms with van der Waals surface area (Å²) in [6.45, 7) is 3.61. The van der Waals surface area contributed by atoms with Crippen molar-refractivity contribution < 1.29 is 23.9 Å². The number of hydrogen-bond donors (Lipinski definition) is 3. The Kier molecular flexibility index (Phi) is 6.18. The van der Waals surface area contributed by atoms with Crippen LogP contribution < -0.4 is 15.6 Å². The number of rotatable bonds is 7. The van der Waals surface area contributed by atoms with Crippen LogP contribution in [0.5, 0.6) is 0 Å². The van der Waals surface area contributed by atoms with Crippen molar-refractivity contribution in [3.05, 3.63) is 70.1 Å². The highest BCUT2D eigenvalue weighted by molar-refractivity contribution is 8.00. The Morgan fingerprint density at radius 2 is 1.97 bits per heavy atom. The molecule has 1 unspecified atom stereocenters. The van der Waals surface area contributed by atoms with Gasteiger partial charge in [-0.05, 0) is 52.8 Å². The molecule has 0 radical (unpaired) electrons. The second-order valence-electron chi connectivity index (χ2n) is 6.30. The van der Waals surface area contributed by atoms with Gasteiger partial charge in [0.1, 0.15) is 0 Å². The van der Waals surface area contributed by atoms with E-state index in [1.165, 1.54) is 16.8 Å². The molecule has 8 nitrogen and oxygen atoms in total. The summed E-state index contributed by atoms with van der Waals surface area (Å²) in [5, 5.41) is 14.1. The van der Waals surface area contributed by atoms with Gasteiger partial charge in [-0.15, -0.1) is 0 Å². The van der Waals surface area contributed by atoms with Crippen molar-refractivity contribution in [1.82, 2.24) is 5.27 Å². The summed E-state index contributed by atoms with van der Waals surface area (Å²) >= 11 is 1.08. The molecule has 1 atom stereocenters. The molecule has 1 heterocycles. The number of carbonyl (C=O) groups is 2. The zero-order valence-electron chi connectivity index (χ0n) is 15.8. The van der Waals surface area contributed by atoms with Gasteiger partial charge in [-0.2, -0.15) is 0 Å². The molecule has 0 saturated carbocycles. The van der Waals surface area contributed by atoms with Gasteiger partial charge in [0.15, 0.2) is 0 Å². The standard InChI is InChI=1S/C20H19N3O5S/c1-3-16(17(24)21-15-11-13(19(25)26)10-9-12(15)2)29-18-20(27)28-22-23(18)14-7-5-4-6-8-14/h4-11,16H,3H2,1-2H3,(H2-,21,22,24,25,26,27)/p+1. The number of aromatic carboxylic acids is 1. The summed E-state index contributed by atoms with van der Waals surface area (Å²) in [6, 6.07) is 13.6. The minimum absolute atomic E-state index is 0.0831. The number of nitrogens with one attached hydrogen (secondary N) is 2. The van der Waals surface area contributed by atoms with Crippen molar-refractivity contribution in [2.45, 2.75) is 30.5 Å². The molecule has 3 rings (SSSR count). The lowest BCUT2D eigenvalue weighted by Gasteiger charge is -2.14. The van der Waals surface area contributed by atoms with Crippen molar-refractivity contribution in [3.8, 4) is 5.69 Å². The van der Waals surface area contributed by atoms with Crippen LogP contribution in [0.2, 0.25) is 0 Å². The van der Waals surface area contributed by atoms with E-state index in [-0.39, 0.29) is 16.5 Å². The molecule has 150 valence electrons. The average Bonchev–Trinajstić information content (AvgIpc) is 3.08. The number of carboxylic acids is 1. The number of thioether (sulfide) groups is 1. The molecule has 0 saturated heterocycles. The third-order valence-corrected chi connectivity index (χ3v) is 5.69. The highest BCUT2D eigenvalue weighted by Gasteiger charge is 2.30. The molecule has 1 amide bonds. The van der Waals surface area contributed by atoms with Crippen molar-refractivity contribution in [2.24, 2.45) is 0 Å². The van der Waals surface area contributed by atoms with Crippen LogP contribution in [0, 0.1) is 6.92 Å². The number of carboxylic acid groups (broad SMARTS) is 1. The van der Waals surface area contributed by atoms with E-state index in [1.807, 2.05) is 25.1 Å². The average molecular weight is 414 g/mol. The van der Waals surface area contributed by atoms with Gasteiger partial charge in [0.2, 0.25) is 11.6 Å². The molecule has 2 aromatic carbocycles. The fourth-order valence-electron chi connectivity index (χ4n) is 2.67. The van der Waals surface area contributed by atoms with Crippen LogP contribution in [0.1, 0.15) is 29.3 Å². The Morgan fingerprint density at radius 1 is 1.24 bits per heavy atom. The zero-order chi connectivity index (χ0) is 21.0. The number of aromatic amines is 1. The van der Waals surface area contributed by atoms with Crippen LogP contribution in [0.15, 0.2) is 62.9 Å². The molecule has 29 heavy (non-hydrogen) atoms. The maximum atomic E-state index is 12.8. The molecule has 0 aliphatic carbocycles. The number of amides is 1. The summed E-state index contributed by atoms with van der Waals surface area (Å²) in [5.41, 5.74) is 1.37. The maximum Gasteiger partial charge on any atom is 0.442 e. The molecule has 0 bridgehead atoms. The predicted octanol–water partition coefficient (Wildman–Crippen LogP) is 2.76. The van der Waals surface area contributed by atoms with Crippen LogP contribution in [0.25, 0.3) is 5.69 Å². The van der Waals surface area contributed by atoms with Crippen LogP contribution in [0.4, 0.5) is 5.69 Å². The van der Waals surface area contributed by atoms with Crippen molar-refractivity contribution >= 4 is 29.3 Å². The number of H-pyrrole nitrogens is 1. The summed E-state index contributed by atoms with van der Waals surface area (Å²) in [4.78, 5) is 36.2. The van der Waals surface area contributed by atoms with Gasteiger partial charge in [0, 0.05) is 17.8 Å². The van der Waals surface area contributed by atoms with Gasteiger partial charge in [-0.1, -0.05) is 31.2 Å². The number of anilines is 1. The van der Waals surface area contributed by atoms with Crippen molar-refractivity contribution in [3.63, 3.8) is 0 Å². The molecule has 3 aromatic rings. The van der Waals surface area contributed by atoms with E-state index in [0.29, 0.717) is 17.8 Å². The van der Waals surface area contributed by atoms with E-state index in [1.54, 1.807) is 25.1 Å². The number of aryl methyl sites for hydroxylation is 1. The van der Waals surface area contributed by atoms with Crippen LogP contribution in [-0.4, -0.2) is 27.5 Å². The predicted molar refractivity (Wildman–Crippen MR) is 108 cm³/mol. The van der Waals surface area contributed by atoms with E-state index in [2.05, 4.69) is 10.6 Å². The molecular formula is C20H20N3O5S+. The zero-order valence-corrected chi connectivity index (χ0v) is 16.7. The lowest BCUT2D eigenvalue weighted by molar-refractivity contribution is -0.704. The molecule has 3 N–H and O–H groups in total. The topological polar surface area (TPSA) is 116 Å². The van der Waals surface area contributed by atoms with Crippen LogP contribution in [-0.2, 0) is 4.79 Å². The smallest absolute Gasteiger partial charge is 0.442 e. The number of carbonyl (C=O) groups excluding carboxylic acids is 1. The van der Waals surface area contributed by atoms with Gasteiger partial charge >= 0.3 is 16.6 Å². The largest absolute Gasteiger partial charge is 0.478 e. The Labute approximate surface area is 170 Å². The second-order valence-corrected chi connectivity index (χ2v) is 7.49. The summed E-state index contributed by atoms with van der Waals surface area (Å²) in [6.07, 6.45) is 0.452. The first-order chi connectivity index (χ1) is 13.9. The van der Waals surface area contributed by atoms with E-state index >= 15 is 0 Å². The van der Waals surface area contributed by atoms with Gasteiger partial charge in [0.25, 0.3) is 0 Å². The first kappa shape index (κ1) is 20.4. The second kappa shape index (κ2) is 8.78. The molecule has 9 heteroatoms. The third kappa shape index (κ3) is 4.57. The Hall–Kier alpha value is -3.33. The first-order valence-electron chi connectivity index (χ1n) is 8.91. The number of nitrogens with zero attached hydrogens (tertiary/aromatic N) is 1. The minimum Gasteiger partial charge on any atom is -0.478 e. The first-order valence-corrected chi connectivity index (χ1v) is 9.79. The van der Waals surface area contributed by atoms with Crippen molar-refractivity contribution in [1.29, 1.82) is 0 Å². The van der Waals surface area contributed by atoms with Crippen molar-refractivity contribution in [2.75, 3.05) is 5.32 Å². The summed E-state index contributed by atoms with van der Waals surface area (Å²) in [5.74, 6) is -1.40. The van der Waals surface area contributed by atoms with Crippen LogP contribution in [0.3, 0.4) is 0 Å². The maximum absolute atomic E-state index is 12.8. The highest BCUT2D eigenvalue weighted by atomic mass is 32.2. The molecule has 0 aliphatic rings. The molecule has 0 fully saturated rings. The van der Waals surface area contributed by atoms with E-state index < -0.39 is 16.8 Å². The monoisotopic (exact) mass is 414 g/mol. The lowest BCUT2D eigenvalue weighted by Crippen LogP contribution is -2.37. The quantitative estimate of drug-likeness (QED) is 0.404. The van der Waals surface area contributed by atoms with Gasteiger partial charge in [-0.3, -0.25) is 9.32 Å². The lowest BCUT2D eigenvalue weighted by atomic mass is 10.1. The Balaban J connectivity index is 1.84. The molecular weight excluding hydrogens is 394 g/mol.